The molecule has 1 heterocycles. The molecular weight excluding hydrogens is 475 g/mol. The zero-order valence-electron chi connectivity index (χ0n) is 16.8. The molecule has 1 amide bonds. The monoisotopic (exact) mass is 504 g/mol. The molecule has 0 spiro atoms. The summed E-state index contributed by atoms with van der Waals surface area (Å²) >= 11 is 2.19. The van der Waals surface area contributed by atoms with Gasteiger partial charge in [0.1, 0.15) is 16.7 Å². The number of carbonyl (C=O) groups excluding carboxylic acids is 1. The molecule has 0 unspecified atom stereocenters. The van der Waals surface area contributed by atoms with E-state index in [-0.39, 0.29) is 16.7 Å². The molecule has 0 aromatic heterocycles. The van der Waals surface area contributed by atoms with Crippen LogP contribution < -0.4 is 10.1 Å². The Hall–Kier alpha value is -0.930. The molecule has 0 radical (unpaired) electrons. The van der Waals surface area contributed by atoms with Crippen LogP contribution in [0.25, 0.3) is 0 Å². The smallest absolute Gasteiger partial charge is 0.252 e. The molecule has 1 N–H and O–H groups in total. The Morgan fingerprint density at radius 2 is 2.07 bits per heavy atom. The quantitative estimate of drug-likeness (QED) is 0.586. The highest BCUT2D eigenvalue weighted by molar-refractivity contribution is 14.1. The fourth-order valence-corrected chi connectivity index (χ4v) is 4.81. The maximum Gasteiger partial charge on any atom is 0.252 e. The van der Waals surface area contributed by atoms with E-state index < -0.39 is 11.0 Å². The topological polar surface area (TPSA) is 58.6 Å². The highest BCUT2D eigenvalue weighted by atomic mass is 127. The van der Waals surface area contributed by atoms with Crippen LogP contribution in [0.3, 0.4) is 0 Å². The van der Waals surface area contributed by atoms with Crippen LogP contribution >= 0.6 is 22.6 Å². The second kappa shape index (κ2) is 9.05. The van der Waals surface area contributed by atoms with Crippen molar-refractivity contribution in [2.75, 3.05) is 19.0 Å². The molecule has 1 aromatic rings. The first-order valence-corrected chi connectivity index (χ1v) is 11.3. The van der Waals surface area contributed by atoms with E-state index in [1.165, 1.54) is 0 Å². The van der Waals surface area contributed by atoms with Gasteiger partial charge in [-0.25, -0.2) is 8.51 Å². The van der Waals surface area contributed by atoms with Crippen LogP contribution in [0, 0.1) is 9.49 Å². The van der Waals surface area contributed by atoms with Crippen LogP contribution in [0.2, 0.25) is 0 Å². The van der Waals surface area contributed by atoms with Gasteiger partial charge in [-0.1, -0.05) is 19.9 Å². The highest BCUT2D eigenvalue weighted by Crippen LogP contribution is 2.31. The minimum absolute atomic E-state index is 0.139. The van der Waals surface area contributed by atoms with Gasteiger partial charge in [-0.15, -0.1) is 0 Å². The van der Waals surface area contributed by atoms with Gasteiger partial charge in [-0.05, 0) is 67.8 Å². The van der Waals surface area contributed by atoms with Crippen LogP contribution in [0.1, 0.15) is 41.0 Å². The number of hydrogen-bond donors (Lipinski definition) is 1. The van der Waals surface area contributed by atoms with Crippen LogP contribution in [0.5, 0.6) is 5.75 Å². The van der Waals surface area contributed by atoms with Gasteiger partial charge in [0.25, 0.3) is 5.91 Å². The van der Waals surface area contributed by atoms with Gasteiger partial charge >= 0.3 is 0 Å². The van der Waals surface area contributed by atoms with Gasteiger partial charge in [0.15, 0.2) is 0 Å². The largest absolute Gasteiger partial charge is 0.497 e. The third-order valence-electron chi connectivity index (χ3n) is 4.31. The lowest BCUT2D eigenvalue weighted by atomic mass is 9.98. The number of nitrogens with one attached hydrogen (secondary N) is 1. The maximum atomic E-state index is 13.0. The molecule has 0 bridgehead atoms. The number of hydrogen-bond acceptors (Lipinski definition) is 3. The summed E-state index contributed by atoms with van der Waals surface area (Å²) in [5.41, 5.74) is 1.42. The number of nitrogens with zero attached hydrogens (tertiary/aromatic N) is 1. The van der Waals surface area contributed by atoms with Gasteiger partial charge in [0.05, 0.1) is 23.6 Å². The summed E-state index contributed by atoms with van der Waals surface area (Å²) in [5.74, 6) is 0.946. The van der Waals surface area contributed by atoms with Crippen molar-refractivity contribution in [2.45, 2.75) is 51.8 Å². The second-order valence-corrected chi connectivity index (χ2v) is 11.4. The number of methoxy groups -OCH3 is 1. The first-order chi connectivity index (χ1) is 12.5. The number of halogens is 1. The molecule has 7 heteroatoms. The van der Waals surface area contributed by atoms with E-state index in [2.05, 4.69) is 41.8 Å². The lowest BCUT2D eigenvalue weighted by molar-refractivity contribution is -0.113. The molecule has 0 fully saturated rings. The van der Waals surface area contributed by atoms with E-state index >= 15 is 0 Å². The normalized spacial score (nSPS) is 19.1. The van der Waals surface area contributed by atoms with Crippen LogP contribution in [-0.4, -0.2) is 38.9 Å². The van der Waals surface area contributed by atoms with E-state index in [0.717, 1.165) is 15.7 Å². The summed E-state index contributed by atoms with van der Waals surface area (Å²) in [4.78, 5) is 13.0. The average molecular weight is 504 g/mol. The van der Waals surface area contributed by atoms with E-state index in [1.54, 1.807) is 7.11 Å². The van der Waals surface area contributed by atoms with Crippen molar-refractivity contribution in [1.82, 2.24) is 4.31 Å². The summed E-state index contributed by atoms with van der Waals surface area (Å²) in [6, 6.07) is 5.44. The fourth-order valence-electron chi connectivity index (χ4n) is 3.00. The summed E-state index contributed by atoms with van der Waals surface area (Å²) in [6.07, 6.45) is 2.70. The van der Waals surface area contributed by atoms with Gasteiger partial charge in [0, 0.05) is 21.8 Å². The lowest BCUT2D eigenvalue weighted by Gasteiger charge is -2.32. The van der Waals surface area contributed by atoms with Gasteiger partial charge in [-0.2, -0.15) is 0 Å². The Balaban J connectivity index is 2.25. The fraction of sp³-hybridized carbons (Fsp3) is 0.550. The van der Waals surface area contributed by atoms with Crippen molar-refractivity contribution in [3.8, 4) is 5.75 Å². The maximum absolute atomic E-state index is 13.0. The summed E-state index contributed by atoms with van der Waals surface area (Å²) in [5, 5.41) is 3.01. The molecule has 1 aromatic carbocycles. The van der Waals surface area contributed by atoms with Crippen molar-refractivity contribution < 1.29 is 13.7 Å². The Morgan fingerprint density at radius 1 is 1.41 bits per heavy atom. The molecule has 1 aliphatic heterocycles. The average Bonchev–Trinajstić information content (AvgIpc) is 2.97. The number of amides is 1. The molecule has 0 aliphatic carbocycles. The van der Waals surface area contributed by atoms with Crippen molar-refractivity contribution >= 4 is 45.2 Å². The zero-order valence-corrected chi connectivity index (χ0v) is 19.8. The highest BCUT2D eigenvalue weighted by Gasteiger charge is 2.38. The lowest BCUT2D eigenvalue weighted by Crippen LogP contribution is -2.43. The van der Waals surface area contributed by atoms with Crippen molar-refractivity contribution in [3.05, 3.63) is 33.4 Å². The molecule has 150 valence electrons. The number of anilines is 1. The zero-order chi connectivity index (χ0) is 20.4. The predicted octanol–water partition coefficient (Wildman–Crippen LogP) is 4.36. The number of carbonyl (C=O) groups is 1. The van der Waals surface area contributed by atoms with Crippen LogP contribution in [0.4, 0.5) is 5.69 Å². The first kappa shape index (κ1) is 22.4. The molecule has 2 rings (SSSR count). The van der Waals surface area contributed by atoms with Crippen molar-refractivity contribution in [1.29, 1.82) is 0 Å². The molecule has 0 saturated heterocycles. The summed E-state index contributed by atoms with van der Waals surface area (Å²) in [7, 11) is 0.430. The molecule has 1 aliphatic rings. The molecule has 5 nitrogen and oxygen atoms in total. The van der Waals surface area contributed by atoms with E-state index in [4.69, 9.17) is 4.74 Å². The predicted molar refractivity (Wildman–Crippen MR) is 120 cm³/mol. The molecular formula is C20H29IN2O3S. The summed E-state index contributed by atoms with van der Waals surface area (Å²) < 4.78 is 20.8. The van der Waals surface area contributed by atoms with Crippen LogP contribution in [0.15, 0.2) is 29.8 Å². The standard InChI is InChI=1S/C20H29IN2O3S/c1-13(2)11-18-15(9-10-23(18)27(25)20(3,4)5)19(24)22-17-12-14(26-6)7-8-16(17)21/h7-9,12-13,18H,10-11H2,1-6H3,(H,22,24)/t18-,27+/m0/s1. The van der Waals surface area contributed by atoms with Gasteiger partial charge in [0.2, 0.25) is 0 Å². The number of ether oxygens (including phenoxy) is 1. The third kappa shape index (κ3) is 5.54. The Morgan fingerprint density at radius 3 is 2.63 bits per heavy atom. The molecule has 2 atom stereocenters. The molecule has 27 heavy (non-hydrogen) atoms. The van der Waals surface area contributed by atoms with E-state index in [9.17, 15) is 9.00 Å². The third-order valence-corrected chi connectivity index (χ3v) is 7.13. The van der Waals surface area contributed by atoms with Crippen molar-refractivity contribution in [2.24, 2.45) is 5.92 Å². The Kier molecular flexibility index (Phi) is 7.49. The minimum Gasteiger partial charge on any atom is -0.497 e. The SMILES string of the molecule is COc1ccc(I)c(NC(=O)C2=CCN([S@](=O)C(C)(C)C)[C@H]2CC(C)C)c1. The molecule has 0 saturated carbocycles. The van der Waals surface area contributed by atoms with E-state index in [0.29, 0.717) is 23.8 Å². The van der Waals surface area contributed by atoms with Gasteiger partial charge < -0.3 is 10.1 Å². The van der Waals surface area contributed by atoms with Crippen LogP contribution in [-0.2, 0) is 15.8 Å². The minimum atomic E-state index is -1.17. The Labute approximate surface area is 178 Å². The van der Waals surface area contributed by atoms with Gasteiger partial charge in [-0.3, -0.25) is 4.79 Å². The summed E-state index contributed by atoms with van der Waals surface area (Å²) in [6.45, 7) is 10.7. The van der Waals surface area contributed by atoms with E-state index in [1.807, 2.05) is 49.4 Å². The first-order valence-electron chi connectivity index (χ1n) is 9.08. The Bertz CT molecular complexity index is 756. The van der Waals surface area contributed by atoms with Crippen molar-refractivity contribution in [3.63, 3.8) is 0 Å². The second-order valence-electron chi connectivity index (χ2n) is 8.07. The number of benzene rings is 1. The number of rotatable bonds is 6.